The lowest BCUT2D eigenvalue weighted by Crippen LogP contribution is -2.29. The minimum Gasteiger partial charge on any atom is -0.268 e. The summed E-state index contributed by atoms with van der Waals surface area (Å²) in [6.45, 7) is 0. The SMILES string of the molecule is CN(C(=O)Cl)C(=O)c1ccc(Cl)cc1[N+](=O)[O-]. The van der Waals surface area contributed by atoms with Crippen LogP contribution in [0, 0.1) is 10.1 Å². The fourth-order valence-corrected chi connectivity index (χ4v) is 1.34. The van der Waals surface area contributed by atoms with Crippen LogP contribution in [-0.4, -0.2) is 28.1 Å². The van der Waals surface area contributed by atoms with Crippen LogP contribution in [0.2, 0.25) is 5.02 Å². The molecular formula is C9H6Cl2N2O4. The summed E-state index contributed by atoms with van der Waals surface area (Å²) in [7, 11) is 1.12. The lowest BCUT2D eigenvalue weighted by molar-refractivity contribution is -0.385. The summed E-state index contributed by atoms with van der Waals surface area (Å²) in [6.07, 6.45) is 0. The molecule has 1 aromatic carbocycles. The number of hydrogen-bond donors (Lipinski definition) is 0. The molecule has 1 rings (SSSR count). The second-order valence-electron chi connectivity index (χ2n) is 3.04. The molecule has 0 saturated carbocycles. The Labute approximate surface area is 106 Å². The second-order valence-corrected chi connectivity index (χ2v) is 3.80. The summed E-state index contributed by atoms with van der Waals surface area (Å²) < 4.78 is 0. The molecule has 0 N–H and O–H groups in total. The normalized spacial score (nSPS) is 9.82. The molecule has 17 heavy (non-hydrogen) atoms. The molecule has 0 radical (unpaired) electrons. The largest absolute Gasteiger partial charge is 0.323 e. The van der Waals surface area contributed by atoms with Crippen molar-refractivity contribution in [3.05, 3.63) is 38.9 Å². The highest BCUT2D eigenvalue weighted by atomic mass is 35.5. The van der Waals surface area contributed by atoms with E-state index >= 15 is 0 Å². The van der Waals surface area contributed by atoms with E-state index in [-0.39, 0.29) is 10.6 Å². The van der Waals surface area contributed by atoms with Gasteiger partial charge in [-0.15, -0.1) is 0 Å². The topological polar surface area (TPSA) is 80.5 Å². The molecule has 0 atom stereocenters. The molecule has 0 spiro atoms. The number of benzene rings is 1. The molecular weight excluding hydrogens is 271 g/mol. The van der Waals surface area contributed by atoms with E-state index < -0.39 is 21.9 Å². The fraction of sp³-hybridized carbons (Fsp3) is 0.111. The first kappa shape index (κ1) is 13.4. The minimum absolute atomic E-state index is 0.119. The number of carbonyl (C=O) groups excluding carboxylic acids is 2. The van der Waals surface area contributed by atoms with Crippen molar-refractivity contribution in [2.75, 3.05) is 7.05 Å². The van der Waals surface area contributed by atoms with Crippen molar-refractivity contribution in [2.45, 2.75) is 0 Å². The zero-order valence-electron chi connectivity index (χ0n) is 8.52. The highest BCUT2D eigenvalue weighted by Crippen LogP contribution is 2.24. The molecule has 2 amide bonds. The zero-order valence-corrected chi connectivity index (χ0v) is 10.0. The smallest absolute Gasteiger partial charge is 0.268 e. The molecule has 0 aliphatic carbocycles. The molecule has 0 aliphatic heterocycles. The minimum atomic E-state index is -1.03. The number of amides is 2. The van der Waals surface area contributed by atoms with Gasteiger partial charge in [0.25, 0.3) is 11.6 Å². The molecule has 0 bridgehead atoms. The summed E-state index contributed by atoms with van der Waals surface area (Å²) in [5, 5.41) is 9.82. The fourth-order valence-electron chi connectivity index (χ4n) is 1.10. The third-order valence-electron chi connectivity index (χ3n) is 1.96. The van der Waals surface area contributed by atoms with Gasteiger partial charge >= 0.3 is 5.37 Å². The Morgan fingerprint density at radius 3 is 2.47 bits per heavy atom. The Morgan fingerprint density at radius 2 is 2.00 bits per heavy atom. The van der Waals surface area contributed by atoms with Crippen molar-refractivity contribution >= 4 is 40.2 Å². The van der Waals surface area contributed by atoms with E-state index in [1.807, 2.05) is 0 Å². The number of hydrogen-bond acceptors (Lipinski definition) is 4. The number of halogens is 2. The van der Waals surface area contributed by atoms with Crippen molar-refractivity contribution in [3.63, 3.8) is 0 Å². The molecule has 0 fully saturated rings. The van der Waals surface area contributed by atoms with Crippen molar-refractivity contribution in [1.82, 2.24) is 4.90 Å². The van der Waals surface area contributed by atoms with E-state index in [1.54, 1.807) is 0 Å². The Hall–Kier alpha value is -1.66. The van der Waals surface area contributed by atoms with Crippen LogP contribution in [0.4, 0.5) is 10.5 Å². The Morgan fingerprint density at radius 1 is 1.41 bits per heavy atom. The average Bonchev–Trinajstić information content (AvgIpc) is 2.26. The molecule has 0 heterocycles. The highest BCUT2D eigenvalue weighted by molar-refractivity contribution is 6.64. The first-order chi connectivity index (χ1) is 7.84. The van der Waals surface area contributed by atoms with Gasteiger partial charge in [0.2, 0.25) is 0 Å². The number of imide groups is 1. The summed E-state index contributed by atoms with van der Waals surface area (Å²) in [5.74, 6) is -0.867. The van der Waals surface area contributed by atoms with Crippen LogP contribution in [0.1, 0.15) is 10.4 Å². The molecule has 1 aromatic rings. The predicted molar refractivity (Wildman–Crippen MR) is 61.4 cm³/mol. The Bertz CT molecular complexity index is 504. The van der Waals surface area contributed by atoms with E-state index in [4.69, 9.17) is 23.2 Å². The number of carbonyl (C=O) groups is 2. The van der Waals surface area contributed by atoms with Crippen LogP contribution < -0.4 is 0 Å². The van der Waals surface area contributed by atoms with Gasteiger partial charge in [0.15, 0.2) is 0 Å². The van der Waals surface area contributed by atoms with Gasteiger partial charge in [-0.3, -0.25) is 24.6 Å². The molecule has 6 nitrogen and oxygen atoms in total. The Balaban J connectivity index is 3.27. The van der Waals surface area contributed by atoms with Crippen LogP contribution in [0.5, 0.6) is 0 Å². The quantitative estimate of drug-likeness (QED) is 0.360. The standard InChI is InChI=1S/C9H6Cl2N2O4/c1-12(9(11)15)8(14)6-3-2-5(10)4-7(6)13(16)17/h2-4H,1H3. The average molecular weight is 277 g/mol. The van der Waals surface area contributed by atoms with Crippen molar-refractivity contribution in [1.29, 1.82) is 0 Å². The molecule has 0 saturated heterocycles. The maximum atomic E-state index is 11.7. The van der Waals surface area contributed by atoms with Gasteiger partial charge in [0.1, 0.15) is 5.56 Å². The first-order valence-electron chi connectivity index (χ1n) is 4.26. The van der Waals surface area contributed by atoms with Crippen molar-refractivity contribution < 1.29 is 14.5 Å². The van der Waals surface area contributed by atoms with E-state index in [2.05, 4.69) is 0 Å². The number of nitrogens with zero attached hydrogens (tertiary/aromatic N) is 2. The second kappa shape index (κ2) is 5.11. The lowest BCUT2D eigenvalue weighted by Gasteiger charge is -2.11. The number of nitro benzene ring substituents is 1. The lowest BCUT2D eigenvalue weighted by atomic mass is 10.1. The van der Waals surface area contributed by atoms with Crippen LogP contribution in [0.15, 0.2) is 18.2 Å². The van der Waals surface area contributed by atoms with Crippen LogP contribution in [-0.2, 0) is 0 Å². The first-order valence-corrected chi connectivity index (χ1v) is 5.01. The summed E-state index contributed by atoms with van der Waals surface area (Å²) in [6, 6.07) is 3.51. The van der Waals surface area contributed by atoms with Crippen LogP contribution in [0.25, 0.3) is 0 Å². The van der Waals surface area contributed by atoms with E-state index in [1.165, 1.54) is 12.1 Å². The van der Waals surface area contributed by atoms with Crippen LogP contribution >= 0.6 is 23.2 Å². The van der Waals surface area contributed by atoms with Crippen molar-refractivity contribution in [2.24, 2.45) is 0 Å². The monoisotopic (exact) mass is 276 g/mol. The molecule has 0 aromatic heterocycles. The van der Waals surface area contributed by atoms with Gasteiger partial charge in [-0.2, -0.15) is 0 Å². The summed E-state index contributed by atoms with van der Waals surface area (Å²) >= 11 is 10.7. The van der Waals surface area contributed by atoms with Crippen LogP contribution in [0.3, 0.4) is 0 Å². The van der Waals surface area contributed by atoms with Gasteiger partial charge in [-0.25, -0.2) is 0 Å². The predicted octanol–water partition coefficient (Wildman–Crippen LogP) is 2.68. The maximum Gasteiger partial charge on any atom is 0.323 e. The van der Waals surface area contributed by atoms with E-state index in [0.717, 1.165) is 13.1 Å². The van der Waals surface area contributed by atoms with Gasteiger partial charge < -0.3 is 0 Å². The zero-order chi connectivity index (χ0) is 13.2. The number of nitro groups is 1. The summed E-state index contributed by atoms with van der Waals surface area (Å²) in [4.78, 5) is 33.0. The van der Waals surface area contributed by atoms with Gasteiger partial charge in [0.05, 0.1) is 4.92 Å². The van der Waals surface area contributed by atoms with Gasteiger partial charge in [-0.1, -0.05) is 11.6 Å². The molecule has 0 unspecified atom stereocenters. The van der Waals surface area contributed by atoms with Gasteiger partial charge in [-0.05, 0) is 23.7 Å². The maximum absolute atomic E-state index is 11.7. The molecule has 0 aliphatic rings. The molecule has 90 valence electrons. The third-order valence-corrected chi connectivity index (χ3v) is 2.44. The van der Waals surface area contributed by atoms with E-state index in [0.29, 0.717) is 4.90 Å². The molecule has 8 heteroatoms. The number of rotatable bonds is 2. The third kappa shape index (κ3) is 2.92. The highest BCUT2D eigenvalue weighted by Gasteiger charge is 2.25. The van der Waals surface area contributed by atoms with Gasteiger partial charge in [0, 0.05) is 18.1 Å². The van der Waals surface area contributed by atoms with Crippen molar-refractivity contribution in [3.8, 4) is 0 Å². The Kier molecular flexibility index (Phi) is 4.03. The summed E-state index contributed by atoms with van der Waals surface area (Å²) in [5.41, 5.74) is -0.733. The van der Waals surface area contributed by atoms with E-state index in [9.17, 15) is 19.7 Å².